The lowest BCUT2D eigenvalue weighted by Crippen LogP contribution is -2.15. The fourth-order valence-corrected chi connectivity index (χ4v) is 3.68. The van der Waals surface area contributed by atoms with Gasteiger partial charge >= 0.3 is 0 Å². The first-order valence-corrected chi connectivity index (χ1v) is 8.99. The summed E-state index contributed by atoms with van der Waals surface area (Å²) in [7, 11) is 0. The Kier molecular flexibility index (Phi) is 5.56. The van der Waals surface area contributed by atoms with Gasteiger partial charge in [-0.2, -0.15) is 0 Å². The lowest BCUT2D eigenvalue weighted by molar-refractivity contribution is 0.228. The van der Waals surface area contributed by atoms with Gasteiger partial charge in [-0.3, -0.25) is 4.79 Å². The van der Waals surface area contributed by atoms with E-state index in [1.54, 1.807) is 6.92 Å². The van der Waals surface area contributed by atoms with Crippen LogP contribution in [0.25, 0.3) is 11.0 Å². The highest BCUT2D eigenvalue weighted by molar-refractivity contribution is 5.81. The van der Waals surface area contributed by atoms with Crippen LogP contribution in [0.15, 0.2) is 27.4 Å². The molecule has 1 heterocycles. The second-order valence-corrected chi connectivity index (χ2v) is 6.74. The Morgan fingerprint density at radius 3 is 2.79 bits per heavy atom. The van der Waals surface area contributed by atoms with Crippen molar-refractivity contribution in [1.82, 2.24) is 0 Å². The Morgan fingerprint density at radius 2 is 2.04 bits per heavy atom. The third kappa shape index (κ3) is 3.64. The number of aryl methyl sites for hydroxylation is 1. The highest BCUT2D eigenvalue weighted by Gasteiger charge is 2.19. The van der Waals surface area contributed by atoms with E-state index in [9.17, 15) is 4.79 Å². The molecule has 0 bridgehead atoms. The smallest absolute Gasteiger partial charge is 0.235 e. The average molecular weight is 330 g/mol. The van der Waals surface area contributed by atoms with Crippen LogP contribution in [0.2, 0.25) is 0 Å². The molecule has 0 saturated heterocycles. The summed E-state index contributed by atoms with van der Waals surface area (Å²) in [6, 6.07) is 5.86. The first-order valence-electron chi connectivity index (χ1n) is 8.99. The normalized spacial score (nSPS) is 15.8. The molecule has 0 spiro atoms. The molecule has 1 saturated carbocycles. The molecule has 4 heteroatoms. The van der Waals surface area contributed by atoms with Gasteiger partial charge in [0, 0.05) is 13.0 Å². The molecule has 3 rings (SSSR count). The Labute approximate surface area is 142 Å². The third-order valence-electron chi connectivity index (χ3n) is 4.91. The van der Waals surface area contributed by atoms with Gasteiger partial charge in [0.05, 0.1) is 12.0 Å². The molecule has 4 nitrogen and oxygen atoms in total. The van der Waals surface area contributed by atoms with Crippen molar-refractivity contribution in [1.29, 1.82) is 0 Å². The first kappa shape index (κ1) is 17.0. The minimum absolute atomic E-state index is 0.0465. The Bertz CT molecular complexity index is 741. The van der Waals surface area contributed by atoms with Crippen LogP contribution in [0.1, 0.15) is 49.8 Å². The monoisotopic (exact) mass is 330 g/mol. The summed E-state index contributed by atoms with van der Waals surface area (Å²) < 4.78 is 11.4. The quantitative estimate of drug-likeness (QED) is 0.814. The summed E-state index contributed by atoms with van der Waals surface area (Å²) in [5.74, 6) is 1.44. The molecule has 130 valence electrons. The average Bonchev–Trinajstić information content (AvgIpc) is 2.58. The second kappa shape index (κ2) is 7.84. The minimum atomic E-state index is -0.0851. The van der Waals surface area contributed by atoms with Crippen molar-refractivity contribution in [2.75, 3.05) is 13.2 Å². The molecule has 1 fully saturated rings. The maximum atomic E-state index is 13.0. The van der Waals surface area contributed by atoms with E-state index in [0.717, 1.165) is 12.0 Å². The fraction of sp³-hybridized carbons (Fsp3) is 0.550. The molecule has 0 amide bonds. The molecule has 1 aromatic carbocycles. The summed E-state index contributed by atoms with van der Waals surface area (Å²) in [6.45, 7) is 2.12. The van der Waals surface area contributed by atoms with Crippen LogP contribution in [0.4, 0.5) is 0 Å². The van der Waals surface area contributed by atoms with Gasteiger partial charge in [-0.15, -0.1) is 0 Å². The zero-order valence-electron chi connectivity index (χ0n) is 14.3. The molecule has 0 unspecified atom stereocenters. The van der Waals surface area contributed by atoms with Crippen molar-refractivity contribution in [3.8, 4) is 5.75 Å². The van der Waals surface area contributed by atoms with Gasteiger partial charge in [-0.05, 0) is 30.9 Å². The summed E-state index contributed by atoms with van der Waals surface area (Å²) in [5.41, 5.74) is 1.62. The van der Waals surface area contributed by atoms with Gasteiger partial charge in [0.2, 0.25) is 11.2 Å². The van der Waals surface area contributed by atoms with Crippen molar-refractivity contribution < 1.29 is 14.3 Å². The van der Waals surface area contributed by atoms with E-state index in [4.69, 9.17) is 14.3 Å². The summed E-state index contributed by atoms with van der Waals surface area (Å²) in [5, 5.41) is 9.56. The highest BCUT2D eigenvalue weighted by atomic mass is 16.5. The van der Waals surface area contributed by atoms with Crippen molar-refractivity contribution >= 4 is 11.0 Å². The van der Waals surface area contributed by atoms with Gasteiger partial charge in [-0.25, -0.2) is 0 Å². The minimum Gasteiger partial charge on any atom is -0.486 e. The second-order valence-electron chi connectivity index (χ2n) is 6.74. The fourth-order valence-electron chi connectivity index (χ4n) is 3.68. The van der Waals surface area contributed by atoms with E-state index in [1.807, 2.05) is 18.2 Å². The number of aliphatic hydroxyl groups excluding tert-OH is 1. The van der Waals surface area contributed by atoms with Crippen molar-refractivity contribution in [3.63, 3.8) is 0 Å². The molecule has 1 aliphatic rings. The van der Waals surface area contributed by atoms with E-state index >= 15 is 0 Å². The number of hydrogen-bond donors (Lipinski definition) is 1. The molecule has 1 aliphatic carbocycles. The van der Waals surface area contributed by atoms with E-state index in [0.29, 0.717) is 35.7 Å². The van der Waals surface area contributed by atoms with Crippen LogP contribution < -0.4 is 10.2 Å². The maximum Gasteiger partial charge on any atom is 0.235 e. The zero-order valence-corrected chi connectivity index (χ0v) is 14.3. The molecule has 1 N–H and O–H groups in total. The van der Waals surface area contributed by atoms with E-state index < -0.39 is 0 Å². The van der Waals surface area contributed by atoms with E-state index in [2.05, 4.69) is 0 Å². The van der Waals surface area contributed by atoms with Crippen LogP contribution in [0.5, 0.6) is 5.75 Å². The van der Waals surface area contributed by atoms with Crippen LogP contribution in [-0.4, -0.2) is 18.3 Å². The van der Waals surface area contributed by atoms with Crippen LogP contribution in [-0.2, 0) is 6.42 Å². The molecular formula is C20H26O4. The standard InChI is InChI=1S/C20H26O4/c1-14-20(23-12-6-11-21)19(22)18-16(9-5-10-17(18)24-14)13-15-7-3-2-4-8-15/h5,9-10,15,21H,2-4,6-8,11-13H2,1H3. The van der Waals surface area contributed by atoms with Crippen LogP contribution in [0.3, 0.4) is 0 Å². The highest BCUT2D eigenvalue weighted by Crippen LogP contribution is 2.30. The Balaban J connectivity index is 1.97. The molecule has 0 radical (unpaired) electrons. The maximum absolute atomic E-state index is 13.0. The largest absolute Gasteiger partial charge is 0.486 e. The summed E-state index contributed by atoms with van der Waals surface area (Å²) in [4.78, 5) is 13.0. The molecule has 0 aliphatic heterocycles. The predicted molar refractivity (Wildman–Crippen MR) is 94.7 cm³/mol. The van der Waals surface area contributed by atoms with Gasteiger partial charge in [0.15, 0.2) is 0 Å². The Hall–Kier alpha value is -1.81. The van der Waals surface area contributed by atoms with Gasteiger partial charge < -0.3 is 14.3 Å². The van der Waals surface area contributed by atoms with Crippen molar-refractivity contribution in [2.45, 2.75) is 51.9 Å². The third-order valence-corrected chi connectivity index (χ3v) is 4.91. The van der Waals surface area contributed by atoms with E-state index in [-0.39, 0.29) is 17.8 Å². The number of aliphatic hydroxyl groups is 1. The zero-order chi connectivity index (χ0) is 16.9. The number of benzene rings is 1. The Morgan fingerprint density at radius 1 is 1.25 bits per heavy atom. The van der Waals surface area contributed by atoms with Gasteiger partial charge in [0.25, 0.3) is 0 Å². The topological polar surface area (TPSA) is 59.7 Å². The molecule has 0 atom stereocenters. The number of rotatable bonds is 6. The lowest BCUT2D eigenvalue weighted by Gasteiger charge is -2.22. The number of fused-ring (bicyclic) bond motifs is 1. The number of hydrogen-bond acceptors (Lipinski definition) is 4. The summed E-state index contributed by atoms with van der Waals surface area (Å²) >= 11 is 0. The molecule has 24 heavy (non-hydrogen) atoms. The molecular weight excluding hydrogens is 304 g/mol. The predicted octanol–water partition coefficient (Wildman–Crippen LogP) is 3.99. The summed E-state index contributed by atoms with van der Waals surface area (Å²) in [6.07, 6.45) is 7.83. The van der Waals surface area contributed by atoms with E-state index in [1.165, 1.54) is 32.1 Å². The van der Waals surface area contributed by atoms with Crippen LogP contribution in [0, 0.1) is 12.8 Å². The van der Waals surface area contributed by atoms with Gasteiger partial charge in [0.1, 0.15) is 11.3 Å². The number of ether oxygens (including phenoxy) is 1. The molecule has 2 aromatic rings. The van der Waals surface area contributed by atoms with Gasteiger partial charge in [-0.1, -0.05) is 44.2 Å². The van der Waals surface area contributed by atoms with Crippen molar-refractivity contribution in [2.24, 2.45) is 5.92 Å². The SMILES string of the molecule is Cc1oc2cccc(CC3CCCCC3)c2c(=O)c1OCCCO. The van der Waals surface area contributed by atoms with Crippen LogP contribution >= 0.6 is 0 Å². The first-order chi connectivity index (χ1) is 11.7. The molecule has 1 aromatic heterocycles. The van der Waals surface area contributed by atoms with Crippen molar-refractivity contribution in [3.05, 3.63) is 39.7 Å². The lowest BCUT2D eigenvalue weighted by atomic mass is 9.84.